The van der Waals surface area contributed by atoms with Crippen LogP contribution in [0.1, 0.15) is 24.4 Å². The zero-order valence-electron chi connectivity index (χ0n) is 14.8. The summed E-state index contributed by atoms with van der Waals surface area (Å²) in [5.74, 6) is 1.38. The second-order valence-electron chi connectivity index (χ2n) is 5.65. The van der Waals surface area contributed by atoms with Crippen LogP contribution in [-0.2, 0) is 11.8 Å². The molecule has 27 heavy (non-hydrogen) atoms. The van der Waals surface area contributed by atoms with Crippen molar-refractivity contribution in [1.29, 1.82) is 0 Å². The van der Waals surface area contributed by atoms with E-state index in [1.54, 1.807) is 11.6 Å². The second kappa shape index (κ2) is 8.68. The van der Waals surface area contributed by atoms with Gasteiger partial charge in [0.1, 0.15) is 11.3 Å². The molecule has 2 aromatic heterocycles. The lowest BCUT2D eigenvalue weighted by Gasteiger charge is -2.15. The molecule has 1 N–H and O–H groups in total. The molecule has 8 nitrogen and oxygen atoms in total. The van der Waals surface area contributed by atoms with Gasteiger partial charge in [0.25, 0.3) is 0 Å². The molecule has 1 aromatic carbocycles. The number of aryl methyl sites for hydroxylation is 1. The summed E-state index contributed by atoms with van der Waals surface area (Å²) in [5, 5.41) is 20.3. The fraction of sp³-hybridized carbons (Fsp3) is 0.312. The fourth-order valence-electron chi connectivity index (χ4n) is 2.27. The normalized spacial score (nSPS) is 12.0. The summed E-state index contributed by atoms with van der Waals surface area (Å²) in [7, 11) is 1.84. The summed E-state index contributed by atoms with van der Waals surface area (Å²) in [5.41, 5.74) is 2.50. The highest BCUT2D eigenvalue weighted by molar-refractivity contribution is 7.99. The van der Waals surface area contributed by atoms with Gasteiger partial charge in [0.2, 0.25) is 11.0 Å². The average molecular weight is 425 g/mol. The molecule has 1 unspecified atom stereocenters. The molecule has 142 valence electrons. The van der Waals surface area contributed by atoms with Crippen molar-refractivity contribution in [2.45, 2.75) is 25.1 Å². The van der Waals surface area contributed by atoms with Crippen molar-refractivity contribution >= 4 is 45.7 Å². The van der Waals surface area contributed by atoms with Gasteiger partial charge in [-0.15, -0.1) is 20.4 Å². The first-order valence-electron chi connectivity index (χ1n) is 7.95. The number of hydrogen-bond donors (Lipinski definition) is 1. The maximum Gasteiger partial charge on any atom is 0.236 e. The molecule has 3 rings (SSSR count). The van der Waals surface area contributed by atoms with Crippen LogP contribution in [0.5, 0.6) is 5.75 Å². The van der Waals surface area contributed by atoms with Crippen molar-refractivity contribution < 1.29 is 9.53 Å². The van der Waals surface area contributed by atoms with Crippen molar-refractivity contribution in [1.82, 2.24) is 25.0 Å². The Morgan fingerprint density at radius 3 is 2.93 bits per heavy atom. The molecule has 0 aliphatic rings. The van der Waals surface area contributed by atoms with E-state index in [1.807, 2.05) is 37.6 Å². The Morgan fingerprint density at radius 1 is 1.41 bits per heavy atom. The highest BCUT2D eigenvalue weighted by Crippen LogP contribution is 2.26. The van der Waals surface area contributed by atoms with Crippen molar-refractivity contribution in [3.63, 3.8) is 0 Å². The third kappa shape index (κ3) is 4.96. The van der Waals surface area contributed by atoms with Gasteiger partial charge in [0.05, 0.1) is 5.75 Å². The van der Waals surface area contributed by atoms with Gasteiger partial charge >= 0.3 is 0 Å². The van der Waals surface area contributed by atoms with Gasteiger partial charge in [0.15, 0.2) is 17.1 Å². The Labute approximate surface area is 169 Å². The maximum atomic E-state index is 12.0. The fourth-order valence-corrected chi connectivity index (χ4v) is 3.56. The second-order valence-corrected chi connectivity index (χ2v) is 7.83. The maximum absolute atomic E-state index is 12.0. The molecular formula is C16H17ClN6O2S2. The van der Waals surface area contributed by atoms with Crippen LogP contribution >= 0.6 is 34.7 Å². The van der Waals surface area contributed by atoms with Crippen LogP contribution in [0.3, 0.4) is 0 Å². The lowest BCUT2D eigenvalue weighted by molar-refractivity contribution is -0.113. The minimum absolute atomic E-state index is 0.178. The van der Waals surface area contributed by atoms with Gasteiger partial charge in [-0.1, -0.05) is 34.7 Å². The highest BCUT2D eigenvalue weighted by atomic mass is 35.5. The van der Waals surface area contributed by atoms with E-state index >= 15 is 0 Å². The Balaban J connectivity index is 1.60. The average Bonchev–Trinajstić information content (AvgIpc) is 3.26. The molecule has 0 aliphatic heterocycles. The van der Waals surface area contributed by atoms with Crippen molar-refractivity contribution in [3.8, 4) is 5.75 Å². The molecular weight excluding hydrogens is 408 g/mol. The first kappa shape index (κ1) is 19.6. The standard InChI is InChI=1S/C16H17ClN6O2S2/c1-9-6-11(4-5-12(9)17)25-10(2)14-20-22-16(23(14)3)26-7-13(24)19-15-21-18-8-27-15/h4-6,8,10H,7H2,1-3H3,(H,19,21,24). The summed E-state index contributed by atoms with van der Waals surface area (Å²) in [6.45, 7) is 3.81. The van der Waals surface area contributed by atoms with Crippen LogP contribution < -0.4 is 10.1 Å². The van der Waals surface area contributed by atoms with E-state index < -0.39 is 0 Å². The monoisotopic (exact) mass is 424 g/mol. The molecule has 11 heteroatoms. The third-order valence-electron chi connectivity index (χ3n) is 3.61. The van der Waals surface area contributed by atoms with Crippen LogP contribution in [0.2, 0.25) is 5.02 Å². The number of rotatable bonds is 7. The summed E-state index contributed by atoms with van der Waals surface area (Å²) >= 11 is 8.60. The number of anilines is 1. The van der Waals surface area contributed by atoms with E-state index in [-0.39, 0.29) is 17.8 Å². The van der Waals surface area contributed by atoms with E-state index in [1.165, 1.54) is 23.1 Å². The van der Waals surface area contributed by atoms with E-state index in [4.69, 9.17) is 16.3 Å². The van der Waals surface area contributed by atoms with Gasteiger partial charge in [-0.2, -0.15) is 0 Å². The van der Waals surface area contributed by atoms with Crippen LogP contribution in [0, 0.1) is 6.92 Å². The minimum atomic E-state index is -0.312. The molecule has 3 aromatic rings. The third-order valence-corrected chi connectivity index (χ3v) is 5.66. The number of aromatic nitrogens is 5. The summed E-state index contributed by atoms with van der Waals surface area (Å²) < 4.78 is 7.76. The van der Waals surface area contributed by atoms with Gasteiger partial charge in [-0.05, 0) is 37.6 Å². The molecule has 0 bridgehead atoms. The van der Waals surface area contributed by atoms with Crippen molar-refractivity contribution in [2.75, 3.05) is 11.1 Å². The zero-order valence-corrected chi connectivity index (χ0v) is 17.2. The molecule has 0 spiro atoms. The summed E-state index contributed by atoms with van der Waals surface area (Å²) in [4.78, 5) is 12.0. The van der Waals surface area contributed by atoms with Gasteiger partial charge in [-0.3, -0.25) is 10.1 Å². The Kier molecular flexibility index (Phi) is 6.30. The van der Waals surface area contributed by atoms with Crippen LogP contribution in [0.15, 0.2) is 28.9 Å². The molecule has 0 saturated carbocycles. The van der Waals surface area contributed by atoms with Crippen molar-refractivity contribution in [2.24, 2.45) is 7.05 Å². The molecule has 1 atom stereocenters. The largest absolute Gasteiger partial charge is 0.483 e. The highest BCUT2D eigenvalue weighted by Gasteiger charge is 2.18. The zero-order chi connectivity index (χ0) is 19.4. The van der Waals surface area contributed by atoms with Crippen LogP contribution in [0.25, 0.3) is 0 Å². The summed E-state index contributed by atoms with van der Waals surface area (Å²) in [6.07, 6.45) is -0.312. The first-order chi connectivity index (χ1) is 12.9. The number of ether oxygens (including phenoxy) is 1. The topological polar surface area (TPSA) is 94.8 Å². The number of hydrogen-bond acceptors (Lipinski definition) is 8. The van der Waals surface area contributed by atoms with Gasteiger partial charge in [-0.25, -0.2) is 0 Å². The number of carbonyl (C=O) groups excluding carboxylic acids is 1. The first-order valence-corrected chi connectivity index (χ1v) is 10.2. The number of amides is 1. The van der Waals surface area contributed by atoms with Gasteiger partial charge < -0.3 is 9.30 Å². The molecule has 1 amide bonds. The Morgan fingerprint density at radius 2 is 2.22 bits per heavy atom. The van der Waals surface area contributed by atoms with E-state index in [2.05, 4.69) is 25.7 Å². The molecule has 2 heterocycles. The molecule has 0 radical (unpaired) electrons. The number of nitrogens with zero attached hydrogens (tertiary/aromatic N) is 5. The number of thioether (sulfide) groups is 1. The van der Waals surface area contributed by atoms with E-state index in [0.29, 0.717) is 26.9 Å². The van der Waals surface area contributed by atoms with Crippen LogP contribution in [0.4, 0.5) is 5.13 Å². The number of carbonyl (C=O) groups is 1. The smallest absolute Gasteiger partial charge is 0.236 e. The number of benzene rings is 1. The van der Waals surface area contributed by atoms with E-state index in [9.17, 15) is 4.79 Å². The predicted octanol–water partition coefficient (Wildman–Crippen LogP) is 3.50. The van der Waals surface area contributed by atoms with Gasteiger partial charge in [0, 0.05) is 12.1 Å². The lowest BCUT2D eigenvalue weighted by Crippen LogP contribution is -2.14. The molecule has 0 fully saturated rings. The lowest BCUT2D eigenvalue weighted by atomic mass is 10.2. The molecule has 0 saturated heterocycles. The number of nitrogens with one attached hydrogen (secondary N) is 1. The molecule has 0 aliphatic carbocycles. The van der Waals surface area contributed by atoms with Crippen molar-refractivity contribution in [3.05, 3.63) is 40.1 Å². The quantitative estimate of drug-likeness (QED) is 0.580. The Hall–Kier alpha value is -2.17. The Bertz CT molecular complexity index is 931. The SMILES string of the molecule is Cc1cc(OC(C)c2nnc(SCC(=O)Nc3nncs3)n2C)ccc1Cl. The minimum Gasteiger partial charge on any atom is -0.483 e. The summed E-state index contributed by atoms with van der Waals surface area (Å²) in [6, 6.07) is 5.49. The van der Waals surface area contributed by atoms with E-state index in [0.717, 1.165) is 5.56 Å². The number of halogens is 1. The van der Waals surface area contributed by atoms with Crippen LogP contribution in [-0.4, -0.2) is 36.6 Å². The predicted molar refractivity (Wildman–Crippen MR) is 105 cm³/mol.